The van der Waals surface area contributed by atoms with E-state index in [0.717, 1.165) is 31.5 Å². The molecule has 0 bridgehead atoms. The average molecular weight is 360 g/mol. The zero-order valence-electron chi connectivity index (χ0n) is 13.8. The van der Waals surface area contributed by atoms with Gasteiger partial charge < -0.3 is 16.0 Å². The van der Waals surface area contributed by atoms with Crippen LogP contribution in [0.1, 0.15) is 29.6 Å². The third kappa shape index (κ3) is 5.31. The van der Waals surface area contributed by atoms with Crippen molar-refractivity contribution in [2.24, 2.45) is 0 Å². The average Bonchev–Trinajstić information content (AvgIpc) is 2.64. The first-order valence-electron chi connectivity index (χ1n) is 8.23. The Morgan fingerprint density at radius 3 is 2.20 bits per heavy atom. The Bertz CT molecular complexity index is 698. The third-order valence-corrected chi connectivity index (χ3v) is 4.07. The van der Waals surface area contributed by atoms with Crippen molar-refractivity contribution in [3.63, 3.8) is 0 Å². The minimum atomic E-state index is -0.173. The van der Waals surface area contributed by atoms with Crippen LogP contribution >= 0.6 is 12.4 Å². The summed E-state index contributed by atoms with van der Waals surface area (Å²) in [5.41, 5.74) is 2.00. The van der Waals surface area contributed by atoms with E-state index in [1.807, 2.05) is 30.3 Å². The Hall–Kier alpha value is -2.37. The fraction of sp³-hybridized carbons (Fsp3) is 0.263. The van der Waals surface area contributed by atoms with Gasteiger partial charge in [0.2, 0.25) is 5.91 Å². The zero-order chi connectivity index (χ0) is 16.8. The Kier molecular flexibility index (Phi) is 6.98. The lowest BCUT2D eigenvalue weighted by Crippen LogP contribution is -2.43. The molecule has 1 aliphatic heterocycles. The lowest BCUT2D eigenvalue weighted by atomic mass is 10.0. The van der Waals surface area contributed by atoms with E-state index in [0.29, 0.717) is 11.3 Å². The molecule has 2 amide bonds. The summed E-state index contributed by atoms with van der Waals surface area (Å²) in [6.45, 7) is 0.886. The van der Waals surface area contributed by atoms with Gasteiger partial charge in [-0.1, -0.05) is 24.6 Å². The normalized spacial score (nSPS) is 16.4. The minimum Gasteiger partial charge on any atom is -0.325 e. The molecule has 1 atom stereocenters. The molecule has 132 valence electrons. The molecule has 0 aliphatic carbocycles. The van der Waals surface area contributed by atoms with E-state index in [2.05, 4.69) is 16.0 Å². The number of anilines is 2. The van der Waals surface area contributed by atoms with Gasteiger partial charge in [0.25, 0.3) is 5.91 Å². The molecule has 6 heteroatoms. The van der Waals surface area contributed by atoms with Gasteiger partial charge in [0.15, 0.2) is 0 Å². The Morgan fingerprint density at radius 1 is 0.880 bits per heavy atom. The predicted molar refractivity (Wildman–Crippen MR) is 102 cm³/mol. The fourth-order valence-corrected chi connectivity index (χ4v) is 2.73. The van der Waals surface area contributed by atoms with Gasteiger partial charge in [-0.05, 0) is 55.8 Å². The van der Waals surface area contributed by atoms with Crippen LogP contribution in [0, 0.1) is 0 Å². The lowest BCUT2D eigenvalue weighted by molar-refractivity contribution is -0.118. The molecule has 2 aromatic carbocycles. The van der Waals surface area contributed by atoms with Gasteiger partial charge in [-0.2, -0.15) is 0 Å². The van der Waals surface area contributed by atoms with Crippen molar-refractivity contribution in [2.75, 3.05) is 17.2 Å². The smallest absolute Gasteiger partial charge is 0.255 e. The highest BCUT2D eigenvalue weighted by Crippen LogP contribution is 2.14. The van der Waals surface area contributed by atoms with Crippen LogP contribution in [0.25, 0.3) is 0 Å². The summed E-state index contributed by atoms with van der Waals surface area (Å²) in [5.74, 6) is -0.191. The lowest BCUT2D eigenvalue weighted by Gasteiger charge is -2.22. The van der Waals surface area contributed by atoms with Crippen LogP contribution in [0.2, 0.25) is 0 Å². The van der Waals surface area contributed by atoms with E-state index in [4.69, 9.17) is 0 Å². The molecule has 0 aromatic heterocycles. The Morgan fingerprint density at radius 2 is 1.56 bits per heavy atom. The van der Waals surface area contributed by atoms with Crippen LogP contribution in [-0.2, 0) is 4.79 Å². The molecule has 3 N–H and O–H groups in total. The number of para-hydroxylation sites is 1. The zero-order valence-corrected chi connectivity index (χ0v) is 14.6. The molecule has 1 saturated heterocycles. The number of carbonyl (C=O) groups excluding carboxylic acids is 2. The number of nitrogens with one attached hydrogen (secondary N) is 3. The first-order chi connectivity index (χ1) is 11.7. The summed E-state index contributed by atoms with van der Waals surface area (Å²) in [4.78, 5) is 24.4. The van der Waals surface area contributed by atoms with Crippen LogP contribution in [0.15, 0.2) is 54.6 Å². The summed E-state index contributed by atoms with van der Waals surface area (Å²) in [6.07, 6.45) is 3.06. The highest BCUT2D eigenvalue weighted by molar-refractivity contribution is 6.04. The number of piperidine rings is 1. The molecule has 1 aliphatic rings. The molecule has 2 aromatic rings. The van der Waals surface area contributed by atoms with E-state index in [9.17, 15) is 9.59 Å². The minimum absolute atomic E-state index is 0. The summed E-state index contributed by atoms with van der Waals surface area (Å²) < 4.78 is 0. The number of carbonyl (C=O) groups is 2. The molecule has 3 rings (SSSR count). The molecule has 25 heavy (non-hydrogen) atoms. The summed E-state index contributed by atoms with van der Waals surface area (Å²) in [6, 6.07) is 16.1. The molecule has 1 fully saturated rings. The Labute approximate surface area is 153 Å². The van der Waals surface area contributed by atoms with Crippen molar-refractivity contribution in [1.82, 2.24) is 5.32 Å². The number of halogens is 1. The van der Waals surface area contributed by atoms with Crippen LogP contribution in [0.4, 0.5) is 11.4 Å². The SMILES string of the molecule is Cl.O=C(Nc1ccccc1)c1ccc(NC(=O)C2CCCCN2)cc1. The number of hydrogen-bond acceptors (Lipinski definition) is 3. The van der Waals surface area contributed by atoms with E-state index in [1.54, 1.807) is 24.3 Å². The van der Waals surface area contributed by atoms with Crippen molar-refractivity contribution in [3.05, 3.63) is 60.2 Å². The summed E-state index contributed by atoms with van der Waals surface area (Å²) in [5, 5.41) is 8.95. The number of hydrogen-bond donors (Lipinski definition) is 3. The number of benzene rings is 2. The van der Waals surface area contributed by atoms with Crippen molar-refractivity contribution in [3.8, 4) is 0 Å². The maximum Gasteiger partial charge on any atom is 0.255 e. The van der Waals surface area contributed by atoms with Gasteiger partial charge in [-0.15, -0.1) is 12.4 Å². The van der Waals surface area contributed by atoms with Gasteiger partial charge in [-0.25, -0.2) is 0 Å². The second-order valence-corrected chi connectivity index (χ2v) is 5.89. The molecule has 0 radical (unpaired) electrons. The van der Waals surface area contributed by atoms with Gasteiger partial charge in [-0.3, -0.25) is 9.59 Å². The molecule has 0 saturated carbocycles. The number of rotatable bonds is 4. The second-order valence-electron chi connectivity index (χ2n) is 5.89. The van der Waals surface area contributed by atoms with Crippen LogP contribution < -0.4 is 16.0 Å². The first kappa shape index (κ1) is 19.0. The van der Waals surface area contributed by atoms with Crippen LogP contribution in [0.3, 0.4) is 0 Å². The maximum absolute atomic E-state index is 12.2. The monoisotopic (exact) mass is 359 g/mol. The highest BCUT2D eigenvalue weighted by atomic mass is 35.5. The van der Waals surface area contributed by atoms with Crippen LogP contribution in [-0.4, -0.2) is 24.4 Å². The largest absolute Gasteiger partial charge is 0.325 e. The van der Waals surface area contributed by atoms with Gasteiger partial charge in [0, 0.05) is 16.9 Å². The van der Waals surface area contributed by atoms with Gasteiger partial charge >= 0.3 is 0 Å². The van der Waals surface area contributed by atoms with Crippen molar-refractivity contribution in [2.45, 2.75) is 25.3 Å². The van der Waals surface area contributed by atoms with Gasteiger partial charge in [0.05, 0.1) is 6.04 Å². The molecule has 0 spiro atoms. The van der Waals surface area contributed by atoms with Crippen molar-refractivity contribution in [1.29, 1.82) is 0 Å². The van der Waals surface area contributed by atoms with E-state index in [-0.39, 0.29) is 30.3 Å². The van der Waals surface area contributed by atoms with E-state index in [1.165, 1.54) is 0 Å². The second kappa shape index (κ2) is 9.20. The quantitative estimate of drug-likeness (QED) is 0.783. The molecule has 1 unspecified atom stereocenters. The maximum atomic E-state index is 12.2. The molecule has 5 nitrogen and oxygen atoms in total. The predicted octanol–water partition coefficient (Wildman–Crippen LogP) is 3.44. The van der Waals surface area contributed by atoms with Crippen molar-refractivity contribution >= 4 is 35.6 Å². The summed E-state index contributed by atoms with van der Waals surface area (Å²) >= 11 is 0. The van der Waals surface area contributed by atoms with E-state index < -0.39 is 0 Å². The fourth-order valence-electron chi connectivity index (χ4n) is 2.73. The third-order valence-electron chi connectivity index (χ3n) is 4.07. The number of amides is 2. The topological polar surface area (TPSA) is 70.2 Å². The van der Waals surface area contributed by atoms with E-state index >= 15 is 0 Å². The van der Waals surface area contributed by atoms with Gasteiger partial charge in [0.1, 0.15) is 0 Å². The Balaban J connectivity index is 0.00000225. The highest BCUT2D eigenvalue weighted by Gasteiger charge is 2.20. The molecular formula is C19H22ClN3O2. The summed E-state index contributed by atoms with van der Waals surface area (Å²) in [7, 11) is 0. The first-order valence-corrected chi connectivity index (χ1v) is 8.23. The molecular weight excluding hydrogens is 338 g/mol. The molecule has 1 heterocycles. The van der Waals surface area contributed by atoms with Crippen molar-refractivity contribution < 1.29 is 9.59 Å². The van der Waals surface area contributed by atoms with Crippen LogP contribution in [0.5, 0.6) is 0 Å². The standard InChI is InChI=1S/C19H21N3O2.ClH/c23-18(21-15-6-2-1-3-7-15)14-9-11-16(12-10-14)22-19(24)17-8-4-5-13-20-17;/h1-3,6-7,9-12,17,20H,4-5,8,13H2,(H,21,23)(H,22,24);1H.